The normalized spacial score (nSPS) is 11.1. The van der Waals surface area contributed by atoms with Crippen LogP contribution in [0.25, 0.3) is 0 Å². The number of carboxylic acid groups (broad SMARTS) is 1. The summed E-state index contributed by atoms with van der Waals surface area (Å²) in [5, 5.41) is 10.9. The van der Waals surface area contributed by atoms with Crippen molar-refractivity contribution in [2.75, 3.05) is 0 Å². The largest absolute Gasteiger partial charge is 0.477 e. The summed E-state index contributed by atoms with van der Waals surface area (Å²) >= 11 is 0. The lowest BCUT2D eigenvalue weighted by Gasteiger charge is -2.03. The molecule has 0 heterocycles. The van der Waals surface area contributed by atoms with Gasteiger partial charge in [-0.3, -0.25) is 4.79 Å². The van der Waals surface area contributed by atoms with E-state index in [4.69, 9.17) is 5.11 Å². The summed E-state index contributed by atoms with van der Waals surface area (Å²) in [6.07, 6.45) is 3.45. The van der Waals surface area contributed by atoms with Gasteiger partial charge in [0.05, 0.1) is 0 Å². The van der Waals surface area contributed by atoms with E-state index in [0.29, 0.717) is 6.42 Å². The van der Waals surface area contributed by atoms with Crippen LogP contribution in [0.3, 0.4) is 0 Å². The van der Waals surface area contributed by atoms with E-state index in [2.05, 4.69) is 5.32 Å². The third kappa shape index (κ3) is 5.00. The molecule has 0 saturated carbocycles. The number of carboxylic acids is 1. The quantitative estimate of drug-likeness (QED) is 0.634. The molecule has 0 aromatic heterocycles. The molecule has 1 amide bonds. The zero-order valence-electron chi connectivity index (χ0n) is 7.96. The van der Waals surface area contributed by atoms with Crippen LogP contribution in [-0.2, 0) is 9.59 Å². The van der Waals surface area contributed by atoms with Gasteiger partial charge in [-0.2, -0.15) is 0 Å². The Morgan fingerprint density at radius 1 is 1.46 bits per heavy atom. The summed E-state index contributed by atoms with van der Waals surface area (Å²) in [4.78, 5) is 21.5. The number of aliphatic carboxylic acids is 1. The van der Waals surface area contributed by atoms with Gasteiger partial charge < -0.3 is 10.4 Å². The molecule has 0 unspecified atom stereocenters. The summed E-state index contributed by atoms with van der Waals surface area (Å²) in [7, 11) is 0. The molecule has 0 fully saturated rings. The second-order valence-electron chi connectivity index (χ2n) is 2.66. The fourth-order valence-electron chi connectivity index (χ4n) is 0.799. The van der Waals surface area contributed by atoms with Crippen molar-refractivity contribution >= 4 is 11.9 Å². The van der Waals surface area contributed by atoms with E-state index in [9.17, 15) is 9.59 Å². The smallest absolute Gasteiger partial charge is 0.352 e. The first-order chi connectivity index (χ1) is 6.11. The van der Waals surface area contributed by atoms with Gasteiger partial charge in [0, 0.05) is 6.42 Å². The molecule has 0 atom stereocenters. The summed E-state index contributed by atoms with van der Waals surface area (Å²) in [6.45, 7) is 3.55. The van der Waals surface area contributed by atoms with E-state index in [1.54, 1.807) is 6.92 Å². The molecule has 0 aliphatic rings. The van der Waals surface area contributed by atoms with E-state index < -0.39 is 5.97 Å². The molecule has 74 valence electrons. The lowest BCUT2D eigenvalue weighted by atomic mass is 10.2. The first-order valence-electron chi connectivity index (χ1n) is 4.31. The molecule has 0 aliphatic carbocycles. The Morgan fingerprint density at radius 3 is 2.46 bits per heavy atom. The van der Waals surface area contributed by atoms with Gasteiger partial charge >= 0.3 is 5.97 Å². The third-order valence-electron chi connectivity index (χ3n) is 1.55. The highest BCUT2D eigenvalue weighted by molar-refractivity contribution is 5.92. The van der Waals surface area contributed by atoms with Gasteiger partial charge in [0.15, 0.2) is 0 Å². The predicted molar refractivity (Wildman–Crippen MR) is 49.1 cm³/mol. The zero-order valence-corrected chi connectivity index (χ0v) is 7.96. The molecular formula is C9H15NO3. The molecule has 4 heteroatoms. The van der Waals surface area contributed by atoms with Gasteiger partial charge in [0.25, 0.3) is 0 Å². The first-order valence-corrected chi connectivity index (χ1v) is 4.31. The molecular weight excluding hydrogens is 170 g/mol. The zero-order chi connectivity index (χ0) is 10.3. The SMILES string of the molecule is C/C=C(/NC(=O)CCCC)C(=O)O. The van der Waals surface area contributed by atoms with E-state index >= 15 is 0 Å². The van der Waals surface area contributed by atoms with Crippen molar-refractivity contribution in [1.29, 1.82) is 0 Å². The fourth-order valence-corrected chi connectivity index (χ4v) is 0.799. The number of allylic oxidation sites excluding steroid dienone is 1. The summed E-state index contributed by atoms with van der Waals surface area (Å²) in [5.41, 5.74) is -0.0545. The van der Waals surface area contributed by atoms with E-state index in [1.165, 1.54) is 6.08 Å². The van der Waals surface area contributed by atoms with Gasteiger partial charge in [0.1, 0.15) is 5.70 Å². The highest BCUT2D eigenvalue weighted by Gasteiger charge is 2.08. The molecule has 0 aromatic carbocycles. The van der Waals surface area contributed by atoms with Gasteiger partial charge in [-0.25, -0.2) is 4.79 Å². The minimum Gasteiger partial charge on any atom is -0.477 e. The minimum absolute atomic E-state index is 0.0545. The molecule has 0 aromatic rings. The molecule has 0 spiro atoms. The number of hydrogen-bond acceptors (Lipinski definition) is 2. The number of nitrogens with one attached hydrogen (secondary N) is 1. The average Bonchev–Trinajstić information content (AvgIpc) is 2.10. The van der Waals surface area contributed by atoms with Crippen LogP contribution >= 0.6 is 0 Å². The highest BCUT2D eigenvalue weighted by atomic mass is 16.4. The molecule has 0 radical (unpaired) electrons. The molecule has 0 bridgehead atoms. The number of carbonyl (C=O) groups is 2. The standard InChI is InChI=1S/C9H15NO3/c1-3-5-6-8(11)10-7(4-2)9(12)13/h4H,3,5-6H2,1-2H3,(H,10,11)(H,12,13)/b7-4+. The van der Waals surface area contributed by atoms with E-state index in [1.807, 2.05) is 6.92 Å². The second-order valence-corrected chi connectivity index (χ2v) is 2.66. The van der Waals surface area contributed by atoms with Gasteiger partial charge in [0.2, 0.25) is 5.91 Å². The van der Waals surface area contributed by atoms with Gasteiger partial charge in [-0.1, -0.05) is 19.4 Å². The second kappa shape index (κ2) is 6.22. The van der Waals surface area contributed by atoms with Crippen LogP contribution in [0.1, 0.15) is 33.1 Å². The number of rotatable bonds is 5. The van der Waals surface area contributed by atoms with Crippen molar-refractivity contribution in [3.8, 4) is 0 Å². The summed E-state index contributed by atoms with van der Waals surface area (Å²) in [6, 6.07) is 0. The van der Waals surface area contributed by atoms with Crippen LogP contribution in [0.15, 0.2) is 11.8 Å². The Labute approximate surface area is 77.6 Å². The maximum atomic E-state index is 11.1. The Kier molecular flexibility index (Phi) is 5.59. The number of hydrogen-bond donors (Lipinski definition) is 2. The number of carbonyl (C=O) groups excluding carboxylic acids is 1. The maximum absolute atomic E-state index is 11.1. The van der Waals surface area contributed by atoms with Crippen molar-refractivity contribution in [3.05, 3.63) is 11.8 Å². The number of unbranched alkanes of at least 4 members (excludes halogenated alkanes) is 1. The van der Waals surface area contributed by atoms with Crippen molar-refractivity contribution in [2.24, 2.45) is 0 Å². The van der Waals surface area contributed by atoms with Crippen molar-refractivity contribution in [2.45, 2.75) is 33.1 Å². The third-order valence-corrected chi connectivity index (χ3v) is 1.55. The molecule has 0 saturated heterocycles. The Bertz CT molecular complexity index is 221. The summed E-state index contributed by atoms with van der Waals surface area (Å²) < 4.78 is 0. The fraction of sp³-hybridized carbons (Fsp3) is 0.556. The van der Waals surface area contributed by atoms with Crippen LogP contribution in [0.5, 0.6) is 0 Å². The van der Waals surface area contributed by atoms with Crippen molar-refractivity contribution in [1.82, 2.24) is 5.32 Å². The van der Waals surface area contributed by atoms with Crippen LogP contribution in [0, 0.1) is 0 Å². The topological polar surface area (TPSA) is 66.4 Å². The minimum atomic E-state index is -1.10. The lowest BCUT2D eigenvalue weighted by molar-refractivity contribution is -0.134. The van der Waals surface area contributed by atoms with Gasteiger partial charge in [-0.05, 0) is 13.3 Å². The van der Waals surface area contributed by atoms with Crippen LogP contribution in [-0.4, -0.2) is 17.0 Å². The maximum Gasteiger partial charge on any atom is 0.352 e. The molecule has 0 rings (SSSR count). The average molecular weight is 185 g/mol. The molecule has 0 aliphatic heterocycles. The van der Waals surface area contributed by atoms with Gasteiger partial charge in [-0.15, -0.1) is 0 Å². The Morgan fingerprint density at radius 2 is 2.08 bits per heavy atom. The molecule has 4 nitrogen and oxygen atoms in total. The number of amides is 1. The van der Waals surface area contributed by atoms with Crippen molar-refractivity contribution in [3.63, 3.8) is 0 Å². The van der Waals surface area contributed by atoms with Crippen LogP contribution < -0.4 is 5.32 Å². The predicted octanol–water partition coefficient (Wildman–Crippen LogP) is 1.28. The lowest BCUT2D eigenvalue weighted by Crippen LogP contribution is -2.26. The van der Waals surface area contributed by atoms with E-state index in [0.717, 1.165) is 12.8 Å². The van der Waals surface area contributed by atoms with Crippen LogP contribution in [0.4, 0.5) is 0 Å². The van der Waals surface area contributed by atoms with Crippen LogP contribution in [0.2, 0.25) is 0 Å². The highest BCUT2D eigenvalue weighted by Crippen LogP contribution is 1.96. The molecule has 2 N–H and O–H groups in total. The monoisotopic (exact) mass is 185 g/mol. The Balaban J connectivity index is 3.96. The first kappa shape index (κ1) is 11.7. The van der Waals surface area contributed by atoms with E-state index in [-0.39, 0.29) is 11.6 Å². The Hall–Kier alpha value is -1.32. The molecule has 13 heavy (non-hydrogen) atoms. The summed E-state index contributed by atoms with van der Waals surface area (Å²) in [5.74, 6) is -1.34. The van der Waals surface area contributed by atoms with Crippen molar-refractivity contribution < 1.29 is 14.7 Å².